The van der Waals surface area contributed by atoms with E-state index < -0.39 is 0 Å². The Balaban J connectivity index is 2.44. The molecule has 0 atom stereocenters. The first-order chi connectivity index (χ1) is 8.47. The van der Waals surface area contributed by atoms with E-state index in [0.29, 0.717) is 21.8 Å². The summed E-state index contributed by atoms with van der Waals surface area (Å²) in [5.74, 6) is -0.0982. The molecule has 92 valence electrons. The van der Waals surface area contributed by atoms with Crippen LogP contribution in [-0.4, -0.2) is 5.78 Å². The highest BCUT2D eigenvalue weighted by Gasteiger charge is 2.11. The Hall–Kier alpha value is -0.840. The summed E-state index contributed by atoms with van der Waals surface area (Å²) in [5.41, 5.74) is 7.17. The maximum absolute atomic E-state index is 12.3. The van der Waals surface area contributed by atoms with E-state index in [1.165, 1.54) is 0 Å². The number of carbonyl (C=O) groups excluding carboxylic acids is 1. The monoisotopic (exact) mass is 387 g/mol. The summed E-state index contributed by atoms with van der Waals surface area (Å²) < 4.78 is 1.67. The zero-order chi connectivity index (χ0) is 13.3. The maximum atomic E-state index is 12.3. The molecule has 2 aromatic rings. The normalized spacial score (nSPS) is 10.4. The molecule has 0 saturated carbocycles. The molecule has 0 fully saturated rings. The number of nitrogen functional groups attached to an aromatic ring is 1. The predicted octanol–water partition coefficient (Wildman–Crippen LogP) is 4.68. The van der Waals surface area contributed by atoms with Crippen LogP contribution in [0.4, 0.5) is 5.69 Å². The van der Waals surface area contributed by atoms with Gasteiger partial charge in [-0.3, -0.25) is 4.79 Å². The molecule has 0 amide bonds. The fourth-order valence-corrected chi connectivity index (χ4v) is 2.99. The highest BCUT2D eigenvalue weighted by molar-refractivity contribution is 9.11. The highest BCUT2D eigenvalue weighted by atomic mass is 79.9. The fourth-order valence-electron chi connectivity index (χ4n) is 1.52. The van der Waals surface area contributed by atoms with E-state index in [1.54, 1.807) is 30.3 Å². The molecule has 2 rings (SSSR count). The minimum Gasteiger partial charge on any atom is -0.398 e. The zero-order valence-corrected chi connectivity index (χ0v) is 13.0. The Kier molecular flexibility index (Phi) is 4.10. The first-order valence-electron chi connectivity index (χ1n) is 5.03. The SMILES string of the molecule is Nc1ccc(C(=O)c2cc(Br)cc(Br)c2)cc1Cl. The van der Waals surface area contributed by atoms with E-state index >= 15 is 0 Å². The Labute approximate surface area is 126 Å². The molecule has 2 aromatic carbocycles. The molecule has 0 bridgehead atoms. The molecule has 0 aliphatic carbocycles. The maximum Gasteiger partial charge on any atom is 0.193 e. The summed E-state index contributed by atoms with van der Waals surface area (Å²) in [6.07, 6.45) is 0. The first kappa shape index (κ1) is 13.6. The van der Waals surface area contributed by atoms with Crippen molar-refractivity contribution in [1.29, 1.82) is 0 Å². The average molecular weight is 389 g/mol. The van der Waals surface area contributed by atoms with Gasteiger partial charge in [-0.05, 0) is 36.4 Å². The molecule has 0 saturated heterocycles. The first-order valence-corrected chi connectivity index (χ1v) is 6.99. The van der Waals surface area contributed by atoms with Crippen molar-refractivity contribution in [2.75, 3.05) is 5.73 Å². The number of halogens is 3. The number of hydrogen-bond acceptors (Lipinski definition) is 2. The van der Waals surface area contributed by atoms with Crippen molar-refractivity contribution in [1.82, 2.24) is 0 Å². The summed E-state index contributed by atoms with van der Waals surface area (Å²) in [7, 11) is 0. The molecule has 0 aliphatic rings. The van der Waals surface area contributed by atoms with Gasteiger partial charge in [0.2, 0.25) is 0 Å². The van der Waals surface area contributed by atoms with Crippen LogP contribution in [0.1, 0.15) is 15.9 Å². The van der Waals surface area contributed by atoms with E-state index in [4.69, 9.17) is 17.3 Å². The van der Waals surface area contributed by atoms with Crippen LogP contribution in [0.2, 0.25) is 5.02 Å². The van der Waals surface area contributed by atoms with Gasteiger partial charge in [-0.25, -0.2) is 0 Å². The van der Waals surface area contributed by atoms with Gasteiger partial charge in [0.1, 0.15) is 0 Å². The van der Waals surface area contributed by atoms with Gasteiger partial charge in [0.05, 0.1) is 10.7 Å². The minimum atomic E-state index is -0.0982. The number of anilines is 1. The van der Waals surface area contributed by atoms with Gasteiger partial charge in [-0.2, -0.15) is 0 Å². The van der Waals surface area contributed by atoms with Gasteiger partial charge in [-0.1, -0.05) is 43.5 Å². The van der Waals surface area contributed by atoms with E-state index in [9.17, 15) is 4.79 Å². The molecule has 0 unspecified atom stereocenters. The van der Waals surface area contributed by atoms with Crippen LogP contribution in [0, 0.1) is 0 Å². The lowest BCUT2D eigenvalue weighted by molar-refractivity contribution is 0.103. The van der Waals surface area contributed by atoms with Crippen LogP contribution < -0.4 is 5.73 Å². The number of benzene rings is 2. The summed E-state index contributed by atoms with van der Waals surface area (Å²) in [6.45, 7) is 0. The van der Waals surface area contributed by atoms with E-state index in [2.05, 4.69) is 31.9 Å². The lowest BCUT2D eigenvalue weighted by Crippen LogP contribution is -2.02. The second-order valence-corrected chi connectivity index (χ2v) is 5.96. The van der Waals surface area contributed by atoms with Crippen molar-refractivity contribution in [3.8, 4) is 0 Å². The van der Waals surface area contributed by atoms with Gasteiger partial charge in [0.15, 0.2) is 5.78 Å². The second kappa shape index (κ2) is 5.43. The molecular weight excluding hydrogens is 381 g/mol. The average Bonchev–Trinajstić information content (AvgIpc) is 2.30. The van der Waals surface area contributed by atoms with Crippen LogP contribution in [0.5, 0.6) is 0 Å². The summed E-state index contributed by atoms with van der Waals surface area (Å²) >= 11 is 12.6. The molecule has 18 heavy (non-hydrogen) atoms. The standard InChI is InChI=1S/C13H8Br2ClNO/c14-9-3-8(4-10(15)6-9)13(18)7-1-2-12(17)11(16)5-7/h1-6H,17H2. The van der Waals surface area contributed by atoms with Gasteiger partial charge in [0, 0.05) is 20.1 Å². The van der Waals surface area contributed by atoms with E-state index in [0.717, 1.165) is 8.95 Å². The molecule has 0 heterocycles. The van der Waals surface area contributed by atoms with Gasteiger partial charge in [-0.15, -0.1) is 0 Å². The van der Waals surface area contributed by atoms with Gasteiger partial charge < -0.3 is 5.73 Å². The number of nitrogens with two attached hydrogens (primary N) is 1. The molecule has 2 N–H and O–H groups in total. The van der Waals surface area contributed by atoms with Crippen LogP contribution in [0.25, 0.3) is 0 Å². The third-order valence-electron chi connectivity index (χ3n) is 2.39. The molecule has 2 nitrogen and oxygen atoms in total. The van der Waals surface area contributed by atoms with E-state index in [-0.39, 0.29) is 5.78 Å². The Morgan fingerprint density at radius 2 is 1.61 bits per heavy atom. The van der Waals surface area contributed by atoms with Crippen LogP contribution in [-0.2, 0) is 0 Å². The van der Waals surface area contributed by atoms with Crippen LogP contribution >= 0.6 is 43.5 Å². The Morgan fingerprint density at radius 1 is 1.00 bits per heavy atom. The third kappa shape index (κ3) is 2.94. The summed E-state index contributed by atoms with van der Waals surface area (Å²) in [4.78, 5) is 12.3. The molecule has 0 radical (unpaired) electrons. The number of ketones is 1. The molecule has 0 aliphatic heterocycles. The smallest absolute Gasteiger partial charge is 0.193 e. The Morgan fingerprint density at radius 3 is 2.17 bits per heavy atom. The third-order valence-corrected chi connectivity index (χ3v) is 3.63. The van der Waals surface area contributed by atoms with Crippen LogP contribution in [0.15, 0.2) is 45.3 Å². The lowest BCUT2D eigenvalue weighted by Gasteiger charge is -2.05. The Bertz CT molecular complexity index is 608. The molecular formula is C13H8Br2ClNO. The molecule has 0 aromatic heterocycles. The van der Waals surface area contributed by atoms with Crippen molar-refractivity contribution < 1.29 is 4.79 Å². The van der Waals surface area contributed by atoms with Gasteiger partial charge >= 0.3 is 0 Å². The van der Waals surface area contributed by atoms with E-state index in [1.807, 2.05) is 6.07 Å². The molecule has 0 spiro atoms. The van der Waals surface area contributed by atoms with Crippen molar-refractivity contribution in [3.63, 3.8) is 0 Å². The fraction of sp³-hybridized carbons (Fsp3) is 0. The second-order valence-electron chi connectivity index (χ2n) is 3.72. The molecule has 5 heteroatoms. The summed E-state index contributed by atoms with van der Waals surface area (Å²) in [5, 5.41) is 0.384. The van der Waals surface area contributed by atoms with Gasteiger partial charge in [0.25, 0.3) is 0 Å². The lowest BCUT2D eigenvalue weighted by atomic mass is 10.0. The van der Waals surface area contributed by atoms with Crippen molar-refractivity contribution in [2.24, 2.45) is 0 Å². The predicted molar refractivity (Wildman–Crippen MR) is 81.1 cm³/mol. The summed E-state index contributed by atoms with van der Waals surface area (Å²) in [6, 6.07) is 10.3. The van der Waals surface area contributed by atoms with Crippen LogP contribution in [0.3, 0.4) is 0 Å². The highest BCUT2D eigenvalue weighted by Crippen LogP contribution is 2.25. The minimum absolute atomic E-state index is 0.0982. The van der Waals surface area contributed by atoms with Crippen molar-refractivity contribution in [2.45, 2.75) is 0 Å². The van der Waals surface area contributed by atoms with Crippen molar-refractivity contribution in [3.05, 3.63) is 61.5 Å². The van der Waals surface area contributed by atoms with Crippen molar-refractivity contribution >= 4 is 54.9 Å². The number of rotatable bonds is 2. The zero-order valence-electron chi connectivity index (χ0n) is 9.08. The number of hydrogen-bond donors (Lipinski definition) is 1. The largest absolute Gasteiger partial charge is 0.398 e. The quantitative estimate of drug-likeness (QED) is 0.599. The number of carbonyl (C=O) groups is 1. The topological polar surface area (TPSA) is 43.1 Å².